The van der Waals surface area contributed by atoms with E-state index in [0.29, 0.717) is 19.3 Å². The van der Waals surface area contributed by atoms with Crippen LogP contribution in [-0.2, 0) is 28.6 Å². The predicted molar refractivity (Wildman–Crippen MR) is 279 cm³/mol. The zero-order valence-corrected chi connectivity index (χ0v) is 42.2. The summed E-state index contributed by atoms with van der Waals surface area (Å²) in [5.74, 6) is -0.995. The van der Waals surface area contributed by atoms with Gasteiger partial charge in [-0.1, -0.05) is 227 Å². The van der Waals surface area contributed by atoms with Crippen LogP contribution in [0, 0.1) is 0 Å². The molecule has 0 spiro atoms. The second kappa shape index (κ2) is 52.9. The van der Waals surface area contributed by atoms with Crippen molar-refractivity contribution < 1.29 is 28.6 Å². The average molecular weight is 903 g/mol. The van der Waals surface area contributed by atoms with Crippen LogP contribution in [0.3, 0.4) is 0 Å². The molecule has 0 aliphatic heterocycles. The highest BCUT2D eigenvalue weighted by atomic mass is 16.6. The van der Waals surface area contributed by atoms with Crippen LogP contribution in [-0.4, -0.2) is 37.2 Å². The summed E-state index contributed by atoms with van der Waals surface area (Å²) in [4.78, 5) is 38.0. The van der Waals surface area contributed by atoms with Crippen molar-refractivity contribution in [2.45, 2.75) is 245 Å². The summed E-state index contributed by atoms with van der Waals surface area (Å²) in [5.41, 5.74) is 0. The Morgan fingerprint density at radius 1 is 0.323 bits per heavy atom. The minimum absolute atomic E-state index is 0.110. The first kappa shape index (κ1) is 61.3. The molecule has 0 aliphatic carbocycles. The molecule has 0 aromatic heterocycles. The van der Waals surface area contributed by atoms with Gasteiger partial charge in [0.05, 0.1) is 0 Å². The van der Waals surface area contributed by atoms with Crippen molar-refractivity contribution in [3.63, 3.8) is 0 Å². The molecule has 6 heteroatoms. The Morgan fingerprint density at radius 2 is 0.615 bits per heavy atom. The van der Waals surface area contributed by atoms with Gasteiger partial charge in [-0.3, -0.25) is 14.4 Å². The maximum atomic E-state index is 12.8. The van der Waals surface area contributed by atoms with Crippen molar-refractivity contribution in [1.82, 2.24) is 0 Å². The van der Waals surface area contributed by atoms with Gasteiger partial charge >= 0.3 is 17.9 Å². The van der Waals surface area contributed by atoms with Crippen molar-refractivity contribution in [2.24, 2.45) is 0 Å². The Morgan fingerprint density at radius 3 is 1.00 bits per heavy atom. The summed E-state index contributed by atoms with van der Waals surface area (Å²) in [6.45, 7) is 6.34. The predicted octanol–water partition coefficient (Wildman–Crippen LogP) is 17.8. The van der Waals surface area contributed by atoms with Gasteiger partial charge in [0.25, 0.3) is 0 Å². The summed E-state index contributed by atoms with van der Waals surface area (Å²) in [5, 5.41) is 0. The second-order valence-corrected chi connectivity index (χ2v) is 17.4. The van der Waals surface area contributed by atoms with E-state index in [4.69, 9.17) is 14.2 Å². The summed E-state index contributed by atoms with van der Waals surface area (Å²) >= 11 is 0. The lowest BCUT2D eigenvalue weighted by atomic mass is 10.0. The van der Waals surface area contributed by atoms with Gasteiger partial charge in [-0.25, -0.2) is 0 Å². The largest absolute Gasteiger partial charge is 0.462 e. The van der Waals surface area contributed by atoms with Gasteiger partial charge in [0.15, 0.2) is 6.10 Å². The van der Waals surface area contributed by atoms with Crippen LogP contribution in [0.4, 0.5) is 0 Å². The summed E-state index contributed by atoms with van der Waals surface area (Å²) < 4.78 is 16.7. The number of ether oxygens (including phenoxy) is 3. The molecule has 0 saturated carbocycles. The minimum atomic E-state index is -0.811. The molecule has 0 aromatic rings. The quantitative estimate of drug-likeness (QED) is 0.0262. The number of rotatable bonds is 47. The molecule has 0 heterocycles. The van der Waals surface area contributed by atoms with E-state index in [9.17, 15) is 14.4 Å². The van der Waals surface area contributed by atoms with Crippen LogP contribution in [0.25, 0.3) is 0 Å². The van der Waals surface area contributed by atoms with Crippen LogP contribution in [0.15, 0.2) is 97.2 Å². The monoisotopic (exact) mass is 903 g/mol. The van der Waals surface area contributed by atoms with Crippen LogP contribution < -0.4 is 0 Å². The molecule has 6 nitrogen and oxygen atoms in total. The Bertz CT molecular complexity index is 1310. The molecule has 0 aliphatic rings. The first-order valence-corrected chi connectivity index (χ1v) is 26.7. The lowest BCUT2D eigenvalue weighted by molar-refractivity contribution is -0.167. The lowest BCUT2D eigenvalue weighted by Crippen LogP contribution is -2.30. The molecule has 0 saturated heterocycles. The van der Waals surface area contributed by atoms with E-state index in [-0.39, 0.29) is 37.5 Å². The highest BCUT2D eigenvalue weighted by Gasteiger charge is 2.19. The van der Waals surface area contributed by atoms with Gasteiger partial charge in [-0.05, 0) is 89.9 Å². The molecule has 1 unspecified atom stereocenters. The first-order valence-electron chi connectivity index (χ1n) is 26.7. The third-order valence-electron chi connectivity index (χ3n) is 11.1. The standard InChI is InChI=1S/C59H98O6/c1-4-7-10-13-16-19-22-25-27-29-31-34-37-40-43-46-49-52-58(61)64-55-56(54-63-57(60)51-48-45-42-39-36-33-24-21-18-15-12-9-6-3)65-59(62)53-50-47-44-41-38-35-32-30-28-26-23-20-17-14-11-8-5-2/h7,9-10,12,16,18-19,21,25,27,31,33-34,36,40,43,56H,4-6,8,11,13-15,17,20,22-24,26,28-30,32,35,37-39,41-42,44-55H2,1-3H3/b10-7-,12-9-,19-16-,21-18-,27-25-,34-31-,36-33-,43-40-. The molecule has 0 aromatic carbocycles. The Balaban J connectivity index is 4.49. The third-order valence-corrected chi connectivity index (χ3v) is 11.1. The number of unbranched alkanes of at least 4 members (excludes halogenated alkanes) is 20. The topological polar surface area (TPSA) is 78.9 Å². The minimum Gasteiger partial charge on any atom is -0.462 e. The zero-order valence-electron chi connectivity index (χ0n) is 42.2. The van der Waals surface area contributed by atoms with Crippen molar-refractivity contribution >= 4 is 17.9 Å². The molecular formula is C59H98O6. The van der Waals surface area contributed by atoms with Gasteiger partial charge < -0.3 is 14.2 Å². The smallest absolute Gasteiger partial charge is 0.306 e. The molecule has 1 atom stereocenters. The molecule has 0 bridgehead atoms. The van der Waals surface area contributed by atoms with E-state index < -0.39 is 6.10 Å². The third kappa shape index (κ3) is 51.2. The molecule has 0 rings (SSSR count). The van der Waals surface area contributed by atoms with Crippen molar-refractivity contribution in [3.8, 4) is 0 Å². The molecule has 0 amide bonds. The van der Waals surface area contributed by atoms with Crippen molar-refractivity contribution in [2.75, 3.05) is 13.2 Å². The van der Waals surface area contributed by atoms with E-state index >= 15 is 0 Å². The first-order chi connectivity index (χ1) is 32.0. The number of carbonyl (C=O) groups is 3. The SMILES string of the molecule is CC/C=C\C/C=C\C/C=C\C/C=C\C/C=C\CCCC(=O)OCC(COC(=O)CCCCC/C=C\C/C=C\C/C=C\CC)OC(=O)CCCCCCCCCCCCCCCCCCC. The Kier molecular flexibility index (Phi) is 50.0. The lowest BCUT2D eigenvalue weighted by Gasteiger charge is -2.18. The fourth-order valence-corrected chi connectivity index (χ4v) is 7.14. The number of carbonyl (C=O) groups excluding carboxylic acids is 3. The van der Waals surface area contributed by atoms with Gasteiger partial charge in [0.1, 0.15) is 13.2 Å². The van der Waals surface area contributed by atoms with Crippen LogP contribution in [0.1, 0.15) is 239 Å². The van der Waals surface area contributed by atoms with E-state index in [1.807, 2.05) is 0 Å². The number of hydrogen-bond acceptors (Lipinski definition) is 6. The van der Waals surface area contributed by atoms with Crippen molar-refractivity contribution in [3.05, 3.63) is 97.2 Å². The van der Waals surface area contributed by atoms with Crippen molar-refractivity contribution in [1.29, 1.82) is 0 Å². The van der Waals surface area contributed by atoms with Gasteiger partial charge in [-0.15, -0.1) is 0 Å². The fraction of sp³-hybridized carbons (Fsp3) is 0.678. The number of allylic oxidation sites excluding steroid dienone is 16. The summed E-state index contributed by atoms with van der Waals surface area (Å²) in [6.07, 6.45) is 69.7. The number of esters is 3. The van der Waals surface area contributed by atoms with E-state index in [1.54, 1.807) is 0 Å². The van der Waals surface area contributed by atoms with Crippen LogP contribution in [0.2, 0.25) is 0 Å². The van der Waals surface area contributed by atoms with Gasteiger partial charge in [0.2, 0.25) is 0 Å². The Hall–Kier alpha value is -3.67. The summed E-state index contributed by atoms with van der Waals surface area (Å²) in [7, 11) is 0. The Labute approximate surface area is 400 Å². The molecule has 0 N–H and O–H groups in total. The van der Waals surface area contributed by atoms with E-state index in [1.165, 1.54) is 89.9 Å². The van der Waals surface area contributed by atoms with Gasteiger partial charge in [0, 0.05) is 19.3 Å². The van der Waals surface area contributed by atoms with E-state index in [0.717, 1.165) is 103 Å². The molecule has 0 radical (unpaired) electrons. The highest BCUT2D eigenvalue weighted by molar-refractivity contribution is 5.71. The highest BCUT2D eigenvalue weighted by Crippen LogP contribution is 2.15. The zero-order chi connectivity index (χ0) is 47.2. The molecular weight excluding hydrogens is 805 g/mol. The van der Waals surface area contributed by atoms with Crippen LogP contribution in [0.5, 0.6) is 0 Å². The molecule has 370 valence electrons. The normalized spacial score (nSPS) is 12.8. The maximum absolute atomic E-state index is 12.8. The second-order valence-electron chi connectivity index (χ2n) is 17.4. The average Bonchev–Trinajstić information content (AvgIpc) is 3.30. The fourth-order valence-electron chi connectivity index (χ4n) is 7.14. The van der Waals surface area contributed by atoms with Gasteiger partial charge in [-0.2, -0.15) is 0 Å². The maximum Gasteiger partial charge on any atom is 0.306 e. The number of hydrogen-bond donors (Lipinski definition) is 0. The van der Waals surface area contributed by atoms with Crippen LogP contribution >= 0.6 is 0 Å². The molecule has 0 fully saturated rings. The van der Waals surface area contributed by atoms with E-state index in [2.05, 4.69) is 118 Å². The molecule has 65 heavy (non-hydrogen) atoms. The summed E-state index contributed by atoms with van der Waals surface area (Å²) in [6, 6.07) is 0.